The molecule has 0 N–H and O–H groups in total. The number of hydrogen-bond donors (Lipinski definition) is 0. The van der Waals surface area contributed by atoms with E-state index in [0.29, 0.717) is 30.9 Å². The minimum absolute atomic E-state index is 0.0441. The van der Waals surface area contributed by atoms with Gasteiger partial charge >= 0.3 is 5.91 Å². The van der Waals surface area contributed by atoms with Crippen molar-refractivity contribution in [2.45, 2.75) is 32.0 Å². The number of likely N-dealkylation sites (N-methyl/N-ethyl adjacent to an activating group) is 2. The highest BCUT2D eigenvalue weighted by molar-refractivity contribution is 6.02. The Balaban J connectivity index is 1.61. The van der Waals surface area contributed by atoms with Crippen LogP contribution in [0.2, 0.25) is 0 Å². The molecule has 2 aliphatic rings. The fourth-order valence-electron chi connectivity index (χ4n) is 4.15. The smallest absolute Gasteiger partial charge is 0.347 e. The van der Waals surface area contributed by atoms with Crippen molar-refractivity contribution in [1.29, 1.82) is 0 Å². The first-order valence-corrected chi connectivity index (χ1v) is 9.41. The monoisotopic (exact) mass is 379 g/mol. The molecule has 6 heteroatoms. The van der Waals surface area contributed by atoms with E-state index in [2.05, 4.69) is 0 Å². The van der Waals surface area contributed by atoms with E-state index in [0.717, 1.165) is 16.0 Å². The maximum Gasteiger partial charge on any atom is 0.347 e. The molecule has 4 rings (SSSR count). The Kier molecular flexibility index (Phi) is 4.51. The van der Waals surface area contributed by atoms with Gasteiger partial charge in [0.2, 0.25) is 5.91 Å². The van der Waals surface area contributed by atoms with Crippen molar-refractivity contribution in [1.82, 2.24) is 4.90 Å². The van der Waals surface area contributed by atoms with Crippen LogP contribution in [0, 0.1) is 0 Å². The first-order valence-electron chi connectivity index (χ1n) is 9.41. The molecule has 2 aromatic rings. The second-order valence-electron chi connectivity index (χ2n) is 7.63. The molecule has 0 spiro atoms. The van der Waals surface area contributed by atoms with Crippen LogP contribution in [0.15, 0.2) is 48.5 Å². The van der Waals surface area contributed by atoms with Crippen LogP contribution < -0.4 is 4.74 Å². The molecule has 2 aliphatic heterocycles. The Morgan fingerprint density at radius 3 is 2.57 bits per heavy atom. The Hall–Kier alpha value is -2.99. The molecule has 0 radical (unpaired) electrons. The van der Waals surface area contributed by atoms with Gasteiger partial charge in [-0.15, -0.1) is 0 Å². The predicted molar refractivity (Wildman–Crippen MR) is 102 cm³/mol. The molecule has 2 heterocycles. The maximum absolute atomic E-state index is 13.2. The third-order valence-corrected chi connectivity index (χ3v) is 5.86. The topological polar surface area (TPSA) is 63.7 Å². The number of rotatable bonds is 4. The number of benzene rings is 2. The van der Waals surface area contributed by atoms with Crippen LogP contribution in [0.4, 0.5) is 0 Å². The zero-order valence-electron chi connectivity index (χ0n) is 16.1. The van der Waals surface area contributed by atoms with Crippen LogP contribution in [0.25, 0.3) is 0 Å². The van der Waals surface area contributed by atoms with E-state index in [4.69, 9.17) is 4.74 Å². The van der Waals surface area contributed by atoms with E-state index in [1.807, 2.05) is 42.5 Å². The molecule has 0 aromatic heterocycles. The summed E-state index contributed by atoms with van der Waals surface area (Å²) in [5.74, 6) is 0.0982. The van der Waals surface area contributed by atoms with Crippen LogP contribution >= 0.6 is 0 Å². The second-order valence-corrected chi connectivity index (χ2v) is 7.63. The standard InChI is InChI=1S/C22H23N2O4/c1-23-20(25)12-11-18(21(23)26)24(2)13-17-16(22(24)27)9-6-10-19(17)28-14-15-7-4-3-5-8-15/h3-10,18H,11-14H2,1-2H3/q+1. The number of quaternary nitrogens is 1. The molecular formula is C22H23N2O4+. The van der Waals surface area contributed by atoms with Crippen molar-refractivity contribution in [2.75, 3.05) is 14.1 Å². The van der Waals surface area contributed by atoms with Gasteiger partial charge in [0.05, 0.1) is 18.2 Å². The zero-order valence-corrected chi connectivity index (χ0v) is 16.1. The molecular weight excluding hydrogens is 356 g/mol. The van der Waals surface area contributed by atoms with Crippen molar-refractivity contribution < 1.29 is 23.6 Å². The summed E-state index contributed by atoms with van der Waals surface area (Å²) < 4.78 is 5.97. The molecule has 0 bridgehead atoms. The summed E-state index contributed by atoms with van der Waals surface area (Å²) in [5, 5.41) is 0. The summed E-state index contributed by atoms with van der Waals surface area (Å²) in [6.45, 7) is 0.798. The molecule has 2 unspecified atom stereocenters. The summed E-state index contributed by atoms with van der Waals surface area (Å²) >= 11 is 0. The van der Waals surface area contributed by atoms with Crippen molar-refractivity contribution in [3.05, 3.63) is 65.2 Å². The number of carbonyl (C=O) groups is 3. The highest BCUT2D eigenvalue weighted by Gasteiger charge is 2.54. The maximum atomic E-state index is 13.2. The molecule has 1 fully saturated rings. The number of fused-ring (bicyclic) bond motifs is 1. The molecule has 144 valence electrons. The van der Waals surface area contributed by atoms with E-state index >= 15 is 0 Å². The van der Waals surface area contributed by atoms with Gasteiger partial charge in [0.1, 0.15) is 18.9 Å². The third kappa shape index (κ3) is 2.90. The van der Waals surface area contributed by atoms with Crippen LogP contribution in [-0.2, 0) is 22.7 Å². The fraction of sp³-hybridized carbons (Fsp3) is 0.318. The molecule has 6 nitrogen and oxygen atoms in total. The number of nitrogens with zero attached hydrogens (tertiary/aromatic N) is 2. The quantitative estimate of drug-likeness (QED) is 0.605. The average molecular weight is 379 g/mol. The molecule has 1 saturated heterocycles. The largest absolute Gasteiger partial charge is 0.488 e. The number of imide groups is 1. The molecule has 0 aliphatic carbocycles. The summed E-state index contributed by atoms with van der Waals surface area (Å²) in [5.41, 5.74) is 2.47. The van der Waals surface area contributed by atoms with Crippen LogP contribution in [0.1, 0.15) is 34.3 Å². The van der Waals surface area contributed by atoms with Gasteiger partial charge in [-0.3, -0.25) is 14.5 Å². The minimum Gasteiger partial charge on any atom is -0.488 e. The number of likely N-dealkylation sites (tertiary alicyclic amines) is 1. The van der Waals surface area contributed by atoms with Gasteiger partial charge in [0, 0.05) is 19.9 Å². The third-order valence-electron chi connectivity index (χ3n) is 5.86. The van der Waals surface area contributed by atoms with E-state index in [9.17, 15) is 14.4 Å². The lowest BCUT2D eigenvalue weighted by molar-refractivity contribution is -0.855. The number of ether oxygens (including phenoxy) is 1. The van der Waals surface area contributed by atoms with Crippen LogP contribution in [-0.4, -0.2) is 47.2 Å². The van der Waals surface area contributed by atoms with E-state index in [1.54, 1.807) is 13.1 Å². The summed E-state index contributed by atoms with van der Waals surface area (Å²) in [4.78, 5) is 39.0. The summed E-state index contributed by atoms with van der Waals surface area (Å²) in [6, 6.07) is 14.8. The van der Waals surface area contributed by atoms with Crippen molar-refractivity contribution in [3.63, 3.8) is 0 Å². The van der Waals surface area contributed by atoms with E-state index < -0.39 is 6.04 Å². The molecule has 28 heavy (non-hydrogen) atoms. The number of carbonyl (C=O) groups excluding carboxylic acids is 3. The minimum atomic E-state index is -0.551. The predicted octanol–water partition coefficient (Wildman–Crippen LogP) is 2.51. The van der Waals surface area contributed by atoms with Crippen molar-refractivity contribution in [3.8, 4) is 5.75 Å². The highest BCUT2D eigenvalue weighted by atomic mass is 16.5. The molecule has 2 atom stereocenters. The first kappa shape index (κ1) is 18.4. The van der Waals surface area contributed by atoms with Gasteiger partial charge in [-0.05, 0) is 17.7 Å². The fourth-order valence-corrected chi connectivity index (χ4v) is 4.15. The Morgan fingerprint density at radius 1 is 1.07 bits per heavy atom. The lowest BCUT2D eigenvalue weighted by Crippen LogP contribution is -2.61. The Labute approximate surface area is 163 Å². The normalized spacial score (nSPS) is 24.4. The van der Waals surface area contributed by atoms with Crippen molar-refractivity contribution >= 4 is 17.7 Å². The Bertz CT molecular complexity index is 956. The molecule has 3 amide bonds. The van der Waals surface area contributed by atoms with Gasteiger partial charge in [-0.25, -0.2) is 9.28 Å². The van der Waals surface area contributed by atoms with Gasteiger partial charge in [-0.2, -0.15) is 0 Å². The average Bonchev–Trinajstić information content (AvgIpc) is 2.97. The molecule has 2 aromatic carbocycles. The summed E-state index contributed by atoms with van der Waals surface area (Å²) in [7, 11) is 3.28. The van der Waals surface area contributed by atoms with Gasteiger partial charge in [-0.1, -0.05) is 36.4 Å². The van der Waals surface area contributed by atoms with Gasteiger partial charge in [0.25, 0.3) is 5.91 Å². The van der Waals surface area contributed by atoms with Crippen LogP contribution in [0.5, 0.6) is 5.75 Å². The number of amides is 3. The zero-order chi connectivity index (χ0) is 19.9. The van der Waals surface area contributed by atoms with Crippen molar-refractivity contribution in [2.24, 2.45) is 0 Å². The van der Waals surface area contributed by atoms with Crippen LogP contribution in [0.3, 0.4) is 0 Å². The Morgan fingerprint density at radius 2 is 1.82 bits per heavy atom. The lowest BCUT2D eigenvalue weighted by atomic mass is 10.0. The first-order chi connectivity index (χ1) is 13.4. The SMILES string of the molecule is CN1C(=O)CCC([N+]2(C)Cc3c(OCc4ccccc4)cccc3C2=O)C1=O. The number of hydrogen-bond acceptors (Lipinski definition) is 4. The van der Waals surface area contributed by atoms with Gasteiger partial charge in [0.15, 0.2) is 6.04 Å². The van der Waals surface area contributed by atoms with E-state index in [1.165, 1.54) is 7.05 Å². The van der Waals surface area contributed by atoms with E-state index in [-0.39, 0.29) is 28.6 Å². The highest BCUT2D eigenvalue weighted by Crippen LogP contribution is 2.39. The lowest BCUT2D eigenvalue weighted by Gasteiger charge is -2.38. The number of piperidine rings is 1. The summed E-state index contributed by atoms with van der Waals surface area (Å²) in [6.07, 6.45) is 0.667. The molecule has 0 saturated carbocycles. The second kappa shape index (κ2) is 6.87. The van der Waals surface area contributed by atoms with Gasteiger partial charge < -0.3 is 4.74 Å².